The van der Waals surface area contributed by atoms with Crippen molar-refractivity contribution in [3.8, 4) is 11.5 Å². The molecular weight excluding hydrogens is 372 g/mol. The third-order valence-electron chi connectivity index (χ3n) is 5.62. The highest BCUT2D eigenvalue weighted by atomic mass is 16.5. The molecule has 2 amide bonds. The summed E-state index contributed by atoms with van der Waals surface area (Å²) < 4.78 is 12.6. The van der Waals surface area contributed by atoms with Gasteiger partial charge in [-0.05, 0) is 37.5 Å². The molecule has 154 valence electrons. The van der Waals surface area contributed by atoms with Gasteiger partial charge in [0, 0.05) is 38.4 Å². The molecule has 1 saturated heterocycles. The third kappa shape index (κ3) is 3.66. The zero-order chi connectivity index (χ0) is 20.4. The molecule has 0 aliphatic carbocycles. The molecule has 1 fully saturated rings. The van der Waals surface area contributed by atoms with Crippen LogP contribution >= 0.6 is 0 Å². The average Bonchev–Trinajstić information content (AvgIpc) is 3.22. The Kier molecular flexibility index (Phi) is 5.42. The minimum absolute atomic E-state index is 0.0574. The van der Waals surface area contributed by atoms with E-state index in [4.69, 9.17) is 9.47 Å². The monoisotopic (exact) mass is 398 g/mol. The lowest BCUT2D eigenvalue weighted by Crippen LogP contribution is -2.50. The summed E-state index contributed by atoms with van der Waals surface area (Å²) >= 11 is 0. The van der Waals surface area contributed by atoms with Gasteiger partial charge >= 0.3 is 0 Å². The topological polar surface area (TPSA) is 76.9 Å². The van der Waals surface area contributed by atoms with Gasteiger partial charge in [-0.2, -0.15) is 5.10 Å². The Hall–Kier alpha value is -3.03. The first kappa shape index (κ1) is 19.3. The quantitative estimate of drug-likeness (QED) is 0.785. The summed E-state index contributed by atoms with van der Waals surface area (Å²) in [6.45, 7) is 2.79. The predicted octanol–water partition coefficient (Wildman–Crippen LogP) is 1.83. The second-order valence-electron chi connectivity index (χ2n) is 7.33. The number of benzene rings is 1. The van der Waals surface area contributed by atoms with E-state index in [1.807, 2.05) is 10.7 Å². The number of methoxy groups -OCH3 is 2. The van der Waals surface area contributed by atoms with Crippen LogP contribution in [0.25, 0.3) is 0 Å². The summed E-state index contributed by atoms with van der Waals surface area (Å²) in [7, 11) is 3.07. The summed E-state index contributed by atoms with van der Waals surface area (Å²) in [6, 6.07) is 7.18. The van der Waals surface area contributed by atoms with E-state index in [9.17, 15) is 9.59 Å². The molecule has 3 heterocycles. The van der Waals surface area contributed by atoms with Crippen LogP contribution in [-0.4, -0.2) is 71.8 Å². The Balaban J connectivity index is 1.42. The van der Waals surface area contributed by atoms with E-state index < -0.39 is 0 Å². The van der Waals surface area contributed by atoms with Gasteiger partial charge in [0.25, 0.3) is 11.8 Å². The average molecular weight is 398 g/mol. The van der Waals surface area contributed by atoms with Crippen molar-refractivity contribution in [1.29, 1.82) is 0 Å². The highest BCUT2D eigenvalue weighted by molar-refractivity contribution is 5.98. The van der Waals surface area contributed by atoms with Crippen LogP contribution in [0.15, 0.2) is 24.3 Å². The molecule has 29 heavy (non-hydrogen) atoms. The van der Waals surface area contributed by atoms with Gasteiger partial charge in [-0.25, -0.2) is 0 Å². The maximum Gasteiger partial charge on any atom is 0.274 e. The van der Waals surface area contributed by atoms with Gasteiger partial charge in [0.05, 0.1) is 19.8 Å². The normalized spacial score (nSPS) is 16.3. The van der Waals surface area contributed by atoms with Crippen LogP contribution in [0.2, 0.25) is 0 Å². The number of rotatable bonds is 4. The second kappa shape index (κ2) is 8.14. The molecule has 1 aromatic carbocycles. The summed E-state index contributed by atoms with van der Waals surface area (Å²) in [4.78, 5) is 29.4. The molecule has 0 N–H and O–H groups in total. The van der Waals surface area contributed by atoms with Gasteiger partial charge in [0.15, 0.2) is 17.2 Å². The van der Waals surface area contributed by atoms with Crippen molar-refractivity contribution < 1.29 is 19.1 Å². The van der Waals surface area contributed by atoms with Crippen molar-refractivity contribution in [1.82, 2.24) is 19.6 Å². The molecule has 4 rings (SSSR count). The van der Waals surface area contributed by atoms with Crippen LogP contribution in [0.3, 0.4) is 0 Å². The highest BCUT2D eigenvalue weighted by Crippen LogP contribution is 2.31. The van der Waals surface area contributed by atoms with Gasteiger partial charge in [-0.3, -0.25) is 14.3 Å². The number of nitrogens with zero attached hydrogens (tertiary/aromatic N) is 4. The number of hydrogen-bond acceptors (Lipinski definition) is 5. The Labute approximate surface area is 170 Å². The van der Waals surface area contributed by atoms with Crippen LogP contribution in [0.1, 0.15) is 39.4 Å². The molecule has 0 radical (unpaired) electrons. The molecule has 8 heteroatoms. The largest absolute Gasteiger partial charge is 0.493 e. The number of carbonyl (C=O) groups is 2. The molecule has 1 aromatic heterocycles. The molecule has 0 spiro atoms. The molecule has 0 atom stereocenters. The zero-order valence-corrected chi connectivity index (χ0v) is 16.9. The fourth-order valence-electron chi connectivity index (χ4n) is 4.02. The number of piperazine rings is 1. The molecule has 2 aliphatic rings. The molecule has 0 bridgehead atoms. The molecule has 8 nitrogen and oxygen atoms in total. The fraction of sp³-hybridized carbons (Fsp3) is 0.476. The van der Waals surface area contributed by atoms with Crippen molar-refractivity contribution >= 4 is 11.8 Å². The van der Waals surface area contributed by atoms with Crippen LogP contribution in [0.5, 0.6) is 11.5 Å². The van der Waals surface area contributed by atoms with Gasteiger partial charge in [-0.1, -0.05) is 6.07 Å². The van der Waals surface area contributed by atoms with Crippen molar-refractivity contribution in [2.45, 2.75) is 25.8 Å². The van der Waals surface area contributed by atoms with Crippen LogP contribution in [0.4, 0.5) is 0 Å². The Morgan fingerprint density at radius 3 is 2.31 bits per heavy atom. The van der Waals surface area contributed by atoms with E-state index in [1.54, 1.807) is 35.1 Å². The van der Waals surface area contributed by atoms with E-state index in [-0.39, 0.29) is 11.8 Å². The van der Waals surface area contributed by atoms with E-state index in [0.29, 0.717) is 48.9 Å². The zero-order valence-electron chi connectivity index (χ0n) is 16.9. The van der Waals surface area contributed by atoms with Crippen molar-refractivity contribution in [2.24, 2.45) is 0 Å². The van der Waals surface area contributed by atoms with E-state index in [2.05, 4.69) is 5.10 Å². The first-order valence-electron chi connectivity index (χ1n) is 9.98. The smallest absolute Gasteiger partial charge is 0.274 e. The summed E-state index contributed by atoms with van der Waals surface area (Å²) in [6.07, 6.45) is 3.23. The number of amides is 2. The summed E-state index contributed by atoms with van der Waals surface area (Å²) in [5.74, 6) is 0.779. The number of hydrogen-bond donors (Lipinski definition) is 0. The summed E-state index contributed by atoms with van der Waals surface area (Å²) in [5, 5.41) is 4.48. The SMILES string of the molecule is COc1cccc(C(=O)N2CCN(C(=O)c3cc4n(n3)CCCC4)CC2)c1OC. The van der Waals surface area contributed by atoms with Gasteiger partial charge in [0.1, 0.15) is 0 Å². The molecule has 0 saturated carbocycles. The van der Waals surface area contributed by atoms with Crippen LogP contribution in [0, 0.1) is 0 Å². The number of ether oxygens (including phenoxy) is 2. The maximum absolute atomic E-state index is 13.0. The minimum atomic E-state index is -0.120. The number of aryl methyl sites for hydroxylation is 2. The first-order chi connectivity index (χ1) is 14.1. The van der Waals surface area contributed by atoms with E-state index >= 15 is 0 Å². The van der Waals surface area contributed by atoms with Gasteiger partial charge in [0.2, 0.25) is 0 Å². The first-order valence-corrected chi connectivity index (χ1v) is 9.98. The highest BCUT2D eigenvalue weighted by Gasteiger charge is 2.29. The van der Waals surface area contributed by atoms with E-state index in [0.717, 1.165) is 31.5 Å². The Morgan fingerprint density at radius 2 is 1.66 bits per heavy atom. The van der Waals surface area contributed by atoms with Gasteiger partial charge < -0.3 is 19.3 Å². The molecule has 2 aromatic rings. The lowest BCUT2D eigenvalue weighted by molar-refractivity contribution is 0.0529. The standard InChI is InChI=1S/C21H26N4O4/c1-28-18-8-5-7-16(19(18)29-2)20(26)23-10-12-24(13-11-23)21(27)17-14-15-6-3-4-9-25(15)22-17/h5,7-8,14H,3-4,6,9-13H2,1-2H3. The second-order valence-corrected chi connectivity index (χ2v) is 7.33. The fourth-order valence-corrected chi connectivity index (χ4v) is 4.02. The van der Waals surface area contributed by atoms with Crippen molar-refractivity contribution in [3.05, 3.63) is 41.2 Å². The van der Waals surface area contributed by atoms with Crippen LogP contribution < -0.4 is 9.47 Å². The lowest BCUT2D eigenvalue weighted by Gasteiger charge is -2.34. The molecular formula is C21H26N4O4. The van der Waals surface area contributed by atoms with E-state index in [1.165, 1.54) is 7.11 Å². The number of aromatic nitrogens is 2. The lowest BCUT2D eigenvalue weighted by atomic mass is 10.1. The minimum Gasteiger partial charge on any atom is -0.493 e. The van der Waals surface area contributed by atoms with Gasteiger partial charge in [-0.15, -0.1) is 0 Å². The Morgan fingerprint density at radius 1 is 0.931 bits per heavy atom. The van der Waals surface area contributed by atoms with Crippen LogP contribution in [-0.2, 0) is 13.0 Å². The predicted molar refractivity (Wildman–Crippen MR) is 107 cm³/mol. The van der Waals surface area contributed by atoms with Crippen molar-refractivity contribution in [3.63, 3.8) is 0 Å². The van der Waals surface area contributed by atoms with Crippen molar-refractivity contribution in [2.75, 3.05) is 40.4 Å². The maximum atomic E-state index is 13.0. The number of para-hydroxylation sites is 1. The number of carbonyl (C=O) groups excluding carboxylic acids is 2. The number of fused-ring (bicyclic) bond motifs is 1. The molecule has 2 aliphatic heterocycles. The molecule has 0 unspecified atom stereocenters. The summed E-state index contributed by atoms with van der Waals surface area (Å²) in [5.41, 5.74) is 2.11. The Bertz CT molecular complexity index is 892. The third-order valence-corrected chi connectivity index (χ3v) is 5.62.